The summed E-state index contributed by atoms with van der Waals surface area (Å²) in [7, 11) is 0. The lowest BCUT2D eigenvalue weighted by atomic mass is 9.82. The Balaban J connectivity index is 1.94. The highest BCUT2D eigenvalue weighted by molar-refractivity contribution is 5.83. The van der Waals surface area contributed by atoms with Crippen LogP contribution >= 0.6 is 0 Å². The van der Waals surface area contributed by atoms with Crippen LogP contribution in [0.3, 0.4) is 0 Å². The van der Waals surface area contributed by atoms with Gasteiger partial charge in [-0.1, -0.05) is 6.42 Å². The van der Waals surface area contributed by atoms with Crippen molar-refractivity contribution in [2.45, 2.75) is 57.5 Å². The van der Waals surface area contributed by atoms with Crippen molar-refractivity contribution in [3.05, 3.63) is 0 Å². The van der Waals surface area contributed by atoms with E-state index in [0.717, 1.165) is 32.1 Å². The van der Waals surface area contributed by atoms with Gasteiger partial charge in [-0.25, -0.2) is 0 Å². The summed E-state index contributed by atoms with van der Waals surface area (Å²) < 4.78 is 0. The van der Waals surface area contributed by atoms with Crippen molar-refractivity contribution in [1.29, 1.82) is 0 Å². The summed E-state index contributed by atoms with van der Waals surface area (Å²) in [5, 5.41) is 3.11. The minimum absolute atomic E-state index is 0.0579. The first-order valence-corrected chi connectivity index (χ1v) is 5.69. The molecule has 0 bridgehead atoms. The van der Waals surface area contributed by atoms with Crippen LogP contribution in [0.25, 0.3) is 0 Å². The molecular formula is C11H20N2O. The van der Waals surface area contributed by atoms with Crippen LogP contribution in [0, 0.1) is 5.41 Å². The average Bonchev–Trinajstić information content (AvgIpc) is 2.41. The number of nitrogens with one attached hydrogen (secondary N) is 1. The molecule has 80 valence electrons. The van der Waals surface area contributed by atoms with Gasteiger partial charge in [0, 0.05) is 12.1 Å². The molecule has 14 heavy (non-hydrogen) atoms. The monoisotopic (exact) mass is 196 g/mol. The molecule has 3 N–H and O–H groups in total. The highest BCUT2D eigenvalue weighted by Crippen LogP contribution is 2.37. The van der Waals surface area contributed by atoms with Crippen LogP contribution in [-0.2, 0) is 4.79 Å². The molecule has 2 aliphatic carbocycles. The number of nitrogens with two attached hydrogens (primary N) is 1. The largest absolute Gasteiger partial charge is 0.353 e. The molecule has 0 aliphatic heterocycles. The molecule has 2 aliphatic rings. The van der Waals surface area contributed by atoms with E-state index in [1.165, 1.54) is 6.42 Å². The first kappa shape index (κ1) is 9.97. The van der Waals surface area contributed by atoms with E-state index in [-0.39, 0.29) is 17.4 Å². The number of hydrogen-bond acceptors (Lipinski definition) is 2. The summed E-state index contributed by atoms with van der Waals surface area (Å²) in [6.07, 6.45) is 6.60. The van der Waals surface area contributed by atoms with Crippen LogP contribution in [-0.4, -0.2) is 18.0 Å². The number of amides is 1. The van der Waals surface area contributed by atoms with Crippen molar-refractivity contribution >= 4 is 5.91 Å². The van der Waals surface area contributed by atoms with Crippen molar-refractivity contribution in [2.24, 2.45) is 11.1 Å². The molecule has 2 fully saturated rings. The Morgan fingerprint density at radius 2 is 2.07 bits per heavy atom. The van der Waals surface area contributed by atoms with E-state index in [1.54, 1.807) is 0 Å². The zero-order valence-electron chi connectivity index (χ0n) is 8.88. The molecular weight excluding hydrogens is 176 g/mol. The molecule has 2 rings (SSSR count). The molecule has 2 unspecified atom stereocenters. The van der Waals surface area contributed by atoms with Crippen molar-refractivity contribution < 1.29 is 4.79 Å². The summed E-state index contributed by atoms with van der Waals surface area (Å²) in [6.45, 7) is 2.01. The summed E-state index contributed by atoms with van der Waals surface area (Å²) >= 11 is 0. The SMILES string of the molecule is CC1(C(=O)NC2CCC2)CCCC1N. The molecule has 0 aromatic rings. The van der Waals surface area contributed by atoms with Gasteiger partial charge in [-0.2, -0.15) is 0 Å². The highest BCUT2D eigenvalue weighted by atomic mass is 16.2. The van der Waals surface area contributed by atoms with Gasteiger partial charge in [-0.05, 0) is 39.0 Å². The molecule has 0 saturated heterocycles. The Morgan fingerprint density at radius 1 is 1.36 bits per heavy atom. The minimum atomic E-state index is -0.296. The maximum Gasteiger partial charge on any atom is 0.227 e. The number of hydrogen-bond donors (Lipinski definition) is 2. The van der Waals surface area contributed by atoms with E-state index in [0.29, 0.717) is 6.04 Å². The zero-order valence-corrected chi connectivity index (χ0v) is 8.88. The van der Waals surface area contributed by atoms with Gasteiger partial charge >= 0.3 is 0 Å². The predicted molar refractivity (Wildman–Crippen MR) is 55.7 cm³/mol. The van der Waals surface area contributed by atoms with Gasteiger partial charge in [0.2, 0.25) is 5.91 Å². The number of carbonyl (C=O) groups is 1. The van der Waals surface area contributed by atoms with E-state index in [2.05, 4.69) is 5.32 Å². The lowest BCUT2D eigenvalue weighted by Crippen LogP contribution is -2.51. The minimum Gasteiger partial charge on any atom is -0.353 e. The quantitative estimate of drug-likeness (QED) is 0.696. The van der Waals surface area contributed by atoms with E-state index in [9.17, 15) is 4.79 Å². The van der Waals surface area contributed by atoms with Crippen LogP contribution in [0.4, 0.5) is 0 Å². The topological polar surface area (TPSA) is 55.1 Å². The van der Waals surface area contributed by atoms with Gasteiger partial charge in [0.15, 0.2) is 0 Å². The van der Waals surface area contributed by atoms with Gasteiger partial charge in [0.25, 0.3) is 0 Å². The fourth-order valence-corrected chi connectivity index (χ4v) is 2.38. The Kier molecular flexibility index (Phi) is 2.52. The lowest BCUT2D eigenvalue weighted by molar-refractivity contribution is -0.131. The van der Waals surface area contributed by atoms with E-state index >= 15 is 0 Å². The van der Waals surface area contributed by atoms with E-state index in [1.807, 2.05) is 6.92 Å². The Hall–Kier alpha value is -0.570. The molecule has 2 saturated carbocycles. The Morgan fingerprint density at radius 3 is 2.50 bits per heavy atom. The second kappa shape index (κ2) is 3.54. The van der Waals surface area contributed by atoms with Gasteiger partial charge in [0.05, 0.1) is 5.41 Å². The van der Waals surface area contributed by atoms with E-state index < -0.39 is 0 Å². The number of rotatable bonds is 2. The van der Waals surface area contributed by atoms with Crippen molar-refractivity contribution in [3.8, 4) is 0 Å². The molecule has 0 aromatic heterocycles. The Bertz CT molecular complexity index is 237. The summed E-state index contributed by atoms with van der Waals surface area (Å²) in [5.74, 6) is 0.187. The standard InChI is InChI=1S/C11H20N2O/c1-11(7-3-6-9(11)12)10(14)13-8-4-2-5-8/h8-9H,2-7,12H2,1H3,(H,13,14). The summed E-state index contributed by atoms with van der Waals surface area (Å²) in [4.78, 5) is 12.0. The molecule has 0 radical (unpaired) electrons. The van der Waals surface area contributed by atoms with Crippen molar-refractivity contribution in [1.82, 2.24) is 5.32 Å². The first-order chi connectivity index (χ1) is 6.63. The van der Waals surface area contributed by atoms with Crippen LogP contribution in [0.2, 0.25) is 0 Å². The van der Waals surface area contributed by atoms with Gasteiger partial charge < -0.3 is 11.1 Å². The third-order valence-corrected chi connectivity index (χ3v) is 3.99. The van der Waals surface area contributed by atoms with Crippen molar-refractivity contribution in [2.75, 3.05) is 0 Å². The third kappa shape index (κ3) is 1.54. The van der Waals surface area contributed by atoms with Crippen LogP contribution < -0.4 is 11.1 Å². The number of carbonyl (C=O) groups excluding carboxylic acids is 1. The normalized spacial score (nSPS) is 38.0. The smallest absolute Gasteiger partial charge is 0.227 e. The summed E-state index contributed by atoms with van der Waals surface area (Å²) in [5.41, 5.74) is 5.69. The molecule has 0 aromatic carbocycles. The van der Waals surface area contributed by atoms with Crippen LogP contribution in [0.1, 0.15) is 45.4 Å². The second-order valence-corrected chi connectivity index (χ2v) is 5.02. The predicted octanol–water partition coefficient (Wildman–Crippen LogP) is 1.17. The lowest BCUT2D eigenvalue weighted by Gasteiger charge is -2.33. The van der Waals surface area contributed by atoms with Crippen LogP contribution in [0.15, 0.2) is 0 Å². The zero-order chi connectivity index (χ0) is 10.2. The third-order valence-electron chi connectivity index (χ3n) is 3.99. The fraction of sp³-hybridized carbons (Fsp3) is 0.909. The van der Waals surface area contributed by atoms with Gasteiger partial charge in [-0.15, -0.1) is 0 Å². The molecule has 3 heteroatoms. The summed E-state index contributed by atoms with van der Waals surface area (Å²) in [6, 6.07) is 0.495. The van der Waals surface area contributed by atoms with Crippen molar-refractivity contribution in [3.63, 3.8) is 0 Å². The first-order valence-electron chi connectivity index (χ1n) is 5.69. The fourth-order valence-electron chi connectivity index (χ4n) is 2.38. The maximum atomic E-state index is 12.0. The van der Waals surface area contributed by atoms with Gasteiger partial charge in [0.1, 0.15) is 0 Å². The Labute approximate surface area is 85.4 Å². The second-order valence-electron chi connectivity index (χ2n) is 5.02. The molecule has 3 nitrogen and oxygen atoms in total. The molecule has 0 heterocycles. The average molecular weight is 196 g/mol. The molecule has 2 atom stereocenters. The maximum absolute atomic E-state index is 12.0. The molecule has 0 spiro atoms. The van der Waals surface area contributed by atoms with Crippen LogP contribution in [0.5, 0.6) is 0 Å². The molecule has 1 amide bonds. The van der Waals surface area contributed by atoms with E-state index in [4.69, 9.17) is 5.73 Å². The van der Waals surface area contributed by atoms with Gasteiger partial charge in [-0.3, -0.25) is 4.79 Å². The highest BCUT2D eigenvalue weighted by Gasteiger charge is 2.43.